The zero-order valence-corrected chi connectivity index (χ0v) is 35.7. The van der Waals surface area contributed by atoms with Gasteiger partial charge in [-0.15, -0.1) is 0 Å². The average molecular weight is 1040 g/mol. The standard InChI is InChI=1S/C49H44P.2Os/c1-37(2)43(35-44-19-15-17-38(44)3)33-31-41-27-29-42(30-28-41)32-34-46(36-45-20-16-18-39(45)4)40(5)50(47-21-9-6-10-22-47,48-23-11-7-12-24-48)49-25-13-8-14-26-49;;/h6-14,21-36H,3-4,15-20H2,1H3;;/q+1;;/b33-31+,34-32+,43-37?,44-35?,45-36?,46-40?;;. The summed E-state index contributed by atoms with van der Waals surface area (Å²) in [5.74, 6) is 0. The summed E-state index contributed by atoms with van der Waals surface area (Å²) in [5.41, 5.74) is 11.1. The zero-order valence-electron chi connectivity index (χ0n) is 29.7. The maximum atomic E-state index is 4.47. The van der Waals surface area contributed by atoms with Crippen molar-refractivity contribution in [3.63, 3.8) is 0 Å². The van der Waals surface area contributed by atoms with Crippen molar-refractivity contribution in [2.45, 2.75) is 45.4 Å². The van der Waals surface area contributed by atoms with Gasteiger partial charge < -0.3 is 0 Å². The molecule has 0 radical (unpaired) electrons. The molecule has 3 heteroatoms. The van der Waals surface area contributed by atoms with Crippen LogP contribution in [0.25, 0.3) is 12.2 Å². The van der Waals surface area contributed by atoms with Crippen molar-refractivity contribution in [3.05, 3.63) is 208 Å². The third kappa shape index (κ3) is 8.64. The summed E-state index contributed by atoms with van der Waals surface area (Å²) < 4.78 is 7.21. The molecule has 0 spiro atoms. The van der Waals surface area contributed by atoms with Gasteiger partial charge in [0.1, 0.15) is 0 Å². The molecule has 0 unspecified atom stereocenters. The van der Waals surface area contributed by atoms with Crippen molar-refractivity contribution >= 4 is 35.3 Å². The molecular weight excluding hydrogens is 1000 g/mol. The number of hydrogen-bond donors (Lipinski definition) is 0. The van der Waals surface area contributed by atoms with Crippen LogP contribution in [0.4, 0.5) is 0 Å². The molecule has 0 aromatic heterocycles. The van der Waals surface area contributed by atoms with E-state index in [-0.39, 0.29) is 0 Å². The van der Waals surface area contributed by atoms with Gasteiger partial charge in [0.25, 0.3) is 0 Å². The van der Waals surface area contributed by atoms with Gasteiger partial charge in [-0.25, -0.2) is 0 Å². The zero-order chi connectivity index (χ0) is 36.3. The van der Waals surface area contributed by atoms with Crippen LogP contribution in [-0.4, -0.2) is 0 Å². The van der Waals surface area contributed by atoms with E-state index in [1.165, 1.54) is 72.2 Å². The van der Waals surface area contributed by atoms with Crippen molar-refractivity contribution in [3.8, 4) is 8.74 Å². The monoisotopic (exact) mass is 1050 g/mol. The minimum atomic E-state index is -2.35. The van der Waals surface area contributed by atoms with Crippen LogP contribution >= 0.6 is 7.26 Å². The number of hydrogen-bond acceptors (Lipinski definition) is 0. The normalized spacial score (nSPS) is 17.5. The van der Waals surface area contributed by atoms with Gasteiger partial charge in [-0.2, -0.15) is 0 Å². The first-order valence-electron chi connectivity index (χ1n) is 17.9. The molecule has 0 saturated heterocycles. The second kappa shape index (κ2) is 18.2. The molecule has 0 heterocycles. The molecule has 260 valence electrons. The fourth-order valence-corrected chi connectivity index (χ4v) is 13.3. The van der Waals surface area contributed by atoms with E-state index in [2.05, 4.69) is 181 Å². The van der Waals surface area contributed by atoms with Gasteiger partial charge in [0, 0.05) is 0 Å². The predicted octanol–water partition coefficient (Wildman–Crippen LogP) is 11.6. The molecule has 0 nitrogen and oxygen atoms in total. The Morgan fingerprint density at radius 2 is 0.962 bits per heavy atom. The fraction of sp³-hybridized carbons (Fsp3) is 0.143. The third-order valence-electron chi connectivity index (χ3n) is 9.95. The van der Waals surface area contributed by atoms with E-state index in [4.69, 9.17) is 0 Å². The summed E-state index contributed by atoms with van der Waals surface area (Å²) in [6.45, 7) is 10.9. The predicted molar refractivity (Wildman–Crippen MR) is 219 cm³/mol. The van der Waals surface area contributed by atoms with Gasteiger partial charge in [-0.3, -0.25) is 0 Å². The van der Waals surface area contributed by atoms with Gasteiger partial charge in [0.05, 0.1) is 0 Å². The molecule has 2 saturated carbocycles. The van der Waals surface area contributed by atoms with E-state index < -0.39 is 7.26 Å². The van der Waals surface area contributed by atoms with Crippen molar-refractivity contribution in [2.75, 3.05) is 0 Å². The van der Waals surface area contributed by atoms with Crippen LogP contribution < -0.4 is 15.9 Å². The van der Waals surface area contributed by atoms with E-state index in [1.54, 1.807) is 17.9 Å². The van der Waals surface area contributed by atoms with Gasteiger partial charge >= 0.3 is 334 Å². The van der Waals surface area contributed by atoms with E-state index in [0.717, 1.165) is 37.7 Å². The topological polar surface area (TPSA) is 0 Å². The molecular formula is C49H44Os2P+. The van der Waals surface area contributed by atoms with Crippen LogP contribution in [0.15, 0.2) is 197 Å². The number of allylic oxidation sites excluding steroid dienone is 12. The van der Waals surface area contributed by atoms with E-state index >= 15 is 0 Å². The van der Waals surface area contributed by atoms with Crippen molar-refractivity contribution in [1.82, 2.24) is 0 Å². The summed E-state index contributed by atoms with van der Waals surface area (Å²) in [6.07, 6.45) is 20.4. The quantitative estimate of drug-likeness (QED) is 0.110. The Kier molecular flexibility index (Phi) is 13.2. The summed E-state index contributed by atoms with van der Waals surface area (Å²) in [6, 6.07) is 42.1. The van der Waals surface area contributed by atoms with Crippen molar-refractivity contribution < 1.29 is 35.9 Å². The van der Waals surface area contributed by atoms with E-state index in [0.29, 0.717) is 0 Å². The Hall–Kier alpha value is -3.94. The summed E-state index contributed by atoms with van der Waals surface area (Å²) >= 11 is 3.60. The maximum absolute atomic E-state index is 4.47. The average Bonchev–Trinajstić information content (AvgIpc) is 3.81. The van der Waals surface area contributed by atoms with Crippen LogP contribution in [0, 0.1) is 8.74 Å². The molecule has 0 bridgehead atoms. The Bertz CT molecular complexity index is 2120. The molecule has 0 amide bonds. The SMILES string of the molecule is C=C1CCCC1=CC(/C=C/c1ccc(/C=C/C(C=C2CCCC2=C)=C([C]#[Os])[P+](c2ccccc2)(c2ccccc2)c2ccccc2)cc1)=C(C)[C]#[Os]. The van der Waals surface area contributed by atoms with E-state index in [1.807, 2.05) is 17.9 Å². The molecule has 2 aliphatic rings. The molecule has 52 heavy (non-hydrogen) atoms. The molecule has 0 N–H and O–H groups in total. The van der Waals surface area contributed by atoms with Crippen LogP contribution in [-0.2, 0) is 35.9 Å². The summed E-state index contributed by atoms with van der Waals surface area (Å²) in [5, 5.41) is 5.21. The molecule has 2 fully saturated rings. The fourth-order valence-electron chi connectivity index (χ4n) is 7.09. The van der Waals surface area contributed by atoms with Crippen molar-refractivity contribution in [1.29, 1.82) is 0 Å². The van der Waals surface area contributed by atoms with E-state index in [9.17, 15) is 0 Å². The molecule has 6 rings (SSSR count). The first-order valence-corrected chi connectivity index (χ1v) is 22.2. The first-order chi connectivity index (χ1) is 25.4. The Balaban J connectivity index is 1.46. The molecule has 0 aliphatic heterocycles. The summed E-state index contributed by atoms with van der Waals surface area (Å²) in [4.78, 5) is 0. The Morgan fingerprint density at radius 3 is 1.33 bits per heavy atom. The van der Waals surface area contributed by atoms with Gasteiger partial charge in [-0.05, 0) is 0 Å². The Morgan fingerprint density at radius 1 is 0.558 bits per heavy atom. The Labute approximate surface area is 331 Å². The summed E-state index contributed by atoms with van der Waals surface area (Å²) in [7, 11) is -2.35. The third-order valence-corrected chi connectivity index (χ3v) is 16.3. The van der Waals surface area contributed by atoms with Crippen LogP contribution in [0.2, 0.25) is 0 Å². The van der Waals surface area contributed by atoms with Crippen molar-refractivity contribution in [2.24, 2.45) is 0 Å². The number of rotatable bonds is 10. The number of benzene rings is 4. The van der Waals surface area contributed by atoms with Gasteiger partial charge in [0.15, 0.2) is 0 Å². The van der Waals surface area contributed by atoms with Gasteiger partial charge in [0.2, 0.25) is 0 Å². The first kappa shape index (κ1) is 37.8. The molecule has 2 aliphatic carbocycles. The van der Waals surface area contributed by atoms with Crippen LogP contribution in [0.1, 0.15) is 56.6 Å². The van der Waals surface area contributed by atoms with Crippen LogP contribution in [0.5, 0.6) is 0 Å². The van der Waals surface area contributed by atoms with Crippen LogP contribution in [0.3, 0.4) is 0 Å². The molecule has 4 aromatic rings. The van der Waals surface area contributed by atoms with Gasteiger partial charge in [-0.1, -0.05) is 0 Å². The molecule has 0 atom stereocenters. The minimum absolute atomic E-state index is 1.05. The molecule has 4 aromatic carbocycles. The second-order valence-electron chi connectivity index (χ2n) is 13.3. The second-order valence-corrected chi connectivity index (χ2v) is 17.9.